The summed E-state index contributed by atoms with van der Waals surface area (Å²) in [5.41, 5.74) is 5.15. The lowest BCUT2D eigenvalue weighted by Crippen LogP contribution is -2.15. The first-order valence-electron chi connectivity index (χ1n) is 5.67. The fraction of sp³-hybridized carbons (Fsp3) is 0.417. The van der Waals surface area contributed by atoms with Crippen molar-refractivity contribution in [3.63, 3.8) is 0 Å². The molecule has 0 aliphatic heterocycles. The Balaban J connectivity index is 2.57. The minimum atomic E-state index is -1.15. The number of rotatable bonds is 6. The third-order valence-corrected chi connectivity index (χ3v) is 2.29. The van der Waals surface area contributed by atoms with Gasteiger partial charge in [-0.25, -0.2) is 8.78 Å². The Morgan fingerprint density at radius 1 is 1.44 bits per heavy atom. The molecule has 0 spiro atoms. The third-order valence-electron chi connectivity index (χ3n) is 2.29. The number of nitrogen functional groups attached to an aromatic ring is 1. The van der Waals surface area contributed by atoms with E-state index in [1.54, 1.807) is 0 Å². The number of nitrogens with two attached hydrogens (primary N) is 1. The average Bonchev–Trinajstić information content (AvgIpc) is 2.35. The van der Waals surface area contributed by atoms with Crippen LogP contribution in [-0.2, 0) is 9.53 Å². The van der Waals surface area contributed by atoms with E-state index in [1.807, 2.05) is 6.92 Å². The monoisotopic (exact) mass is 258 g/mol. The molecule has 0 saturated heterocycles. The van der Waals surface area contributed by atoms with Crippen molar-refractivity contribution in [2.75, 3.05) is 24.3 Å². The maximum absolute atomic E-state index is 13.4. The van der Waals surface area contributed by atoms with Gasteiger partial charge >= 0.3 is 0 Å². The molecule has 0 saturated carbocycles. The maximum atomic E-state index is 13.4. The van der Waals surface area contributed by atoms with Crippen molar-refractivity contribution in [2.45, 2.75) is 19.8 Å². The number of hydrogen-bond acceptors (Lipinski definition) is 3. The topological polar surface area (TPSA) is 64.3 Å². The predicted molar refractivity (Wildman–Crippen MR) is 65.1 cm³/mol. The van der Waals surface area contributed by atoms with Crippen LogP contribution in [0.15, 0.2) is 12.1 Å². The van der Waals surface area contributed by atoms with E-state index in [0.29, 0.717) is 19.6 Å². The van der Waals surface area contributed by atoms with Gasteiger partial charge < -0.3 is 15.8 Å². The van der Waals surface area contributed by atoms with Crippen molar-refractivity contribution in [3.05, 3.63) is 23.8 Å². The van der Waals surface area contributed by atoms with Gasteiger partial charge in [0.05, 0.1) is 5.69 Å². The molecule has 3 N–H and O–H groups in total. The van der Waals surface area contributed by atoms with Gasteiger partial charge in [-0.2, -0.15) is 0 Å². The standard InChI is InChI=1S/C12H16F2N2O2/c1-2-18-7-3-4-10(17)16-12-9(15)6-5-8(13)11(12)14/h5-6H,2-4,7,15H2,1H3,(H,16,17). The smallest absolute Gasteiger partial charge is 0.224 e. The van der Waals surface area contributed by atoms with Crippen LogP contribution < -0.4 is 11.1 Å². The number of carbonyl (C=O) groups excluding carboxylic acids is 1. The van der Waals surface area contributed by atoms with Gasteiger partial charge in [0.15, 0.2) is 11.6 Å². The first-order valence-corrected chi connectivity index (χ1v) is 5.67. The summed E-state index contributed by atoms with van der Waals surface area (Å²) < 4.78 is 31.4. The van der Waals surface area contributed by atoms with Gasteiger partial charge in [0.1, 0.15) is 5.69 Å². The molecule has 0 unspecified atom stereocenters. The molecule has 1 amide bonds. The first-order chi connectivity index (χ1) is 8.56. The van der Waals surface area contributed by atoms with Crippen molar-refractivity contribution >= 4 is 17.3 Å². The normalized spacial score (nSPS) is 10.4. The van der Waals surface area contributed by atoms with Gasteiger partial charge in [-0.05, 0) is 25.5 Å². The molecule has 0 aliphatic carbocycles. The Labute approximate surface area is 104 Å². The molecule has 1 aromatic rings. The molecule has 6 heteroatoms. The lowest BCUT2D eigenvalue weighted by atomic mass is 10.2. The highest BCUT2D eigenvalue weighted by Crippen LogP contribution is 2.24. The van der Waals surface area contributed by atoms with Crippen LogP contribution in [0.4, 0.5) is 20.2 Å². The second-order valence-corrected chi connectivity index (χ2v) is 3.67. The quantitative estimate of drug-likeness (QED) is 0.608. The van der Waals surface area contributed by atoms with Crippen molar-refractivity contribution in [3.8, 4) is 0 Å². The summed E-state index contributed by atoms with van der Waals surface area (Å²) in [5, 5.41) is 2.26. The van der Waals surface area contributed by atoms with E-state index >= 15 is 0 Å². The van der Waals surface area contributed by atoms with E-state index in [2.05, 4.69) is 5.32 Å². The van der Waals surface area contributed by atoms with Crippen molar-refractivity contribution in [1.29, 1.82) is 0 Å². The van der Waals surface area contributed by atoms with E-state index in [4.69, 9.17) is 10.5 Å². The summed E-state index contributed by atoms with van der Waals surface area (Å²) in [6.07, 6.45) is 0.673. The number of anilines is 2. The van der Waals surface area contributed by atoms with Gasteiger partial charge in [0.2, 0.25) is 5.91 Å². The SMILES string of the molecule is CCOCCCC(=O)Nc1c(N)ccc(F)c1F. The Morgan fingerprint density at radius 2 is 2.17 bits per heavy atom. The van der Waals surface area contributed by atoms with Crippen LogP contribution in [0.5, 0.6) is 0 Å². The van der Waals surface area contributed by atoms with Crippen LogP contribution in [0.1, 0.15) is 19.8 Å². The van der Waals surface area contributed by atoms with E-state index in [0.717, 1.165) is 6.07 Å². The van der Waals surface area contributed by atoms with Crippen LogP contribution in [0.3, 0.4) is 0 Å². The Morgan fingerprint density at radius 3 is 2.83 bits per heavy atom. The maximum Gasteiger partial charge on any atom is 0.224 e. The fourth-order valence-electron chi connectivity index (χ4n) is 1.37. The summed E-state index contributed by atoms with van der Waals surface area (Å²) in [7, 11) is 0. The second-order valence-electron chi connectivity index (χ2n) is 3.67. The Hall–Kier alpha value is -1.69. The van der Waals surface area contributed by atoms with Gasteiger partial charge in [-0.1, -0.05) is 0 Å². The molecular formula is C12H16F2N2O2. The lowest BCUT2D eigenvalue weighted by Gasteiger charge is -2.09. The highest BCUT2D eigenvalue weighted by atomic mass is 19.2. The van der Waals surface area contributed by atoms with E-state index in [-0.39, 0.29) is 17.8 Å². The van der Waals surface area contributed by atoms with Crippen LogP contribution >= 0.6 is 0 Å². The summed E-state index contributed by atoms with van der Waals surface area (Å²) in [4.78, 5) is 11.5. The van der Waals surface area contributed by atoms with Gasteiger partial charge in [-0.3, -0.25) is 4.79 Å². The lowest BCUT2D eigenvalue weighted by molar-refractivity contribution is -0.116. The number of ether oxygens (including phenoxy) is 1. The fourth-order valence-corrected chi connectivity index (χ4v) is 1.37. The molecule has 1 aromatic carbocycles. The van der Waals surface area contributed by atoms with E-state index < -0.39 is 17.5 Å². The summed E-state index contributed by atoms with van der Waals surface area (Å²) in [6, 6.07) is 2.11. The van der Waals surface area contributed by atoms with Crippen LogP contribution in [0, 0.1) is 11.6 Å². The number of benzene rings is 1. The summed E-state index contributed by atoms with van der Waals surface area (Å²) in [6.45, 7) is 2.88. The van der Waals surface area contributed by atoms with Crippen molar-refractivity contribution < 1.29 is 18.3 Å². The van der Waals surface area contributed by atoms with E-state index in [1.165, 1.54) is 6.07 Å². The van der Waals surface area contributed by atoms with E-state index in [9.17, 15) is 13.6 Å². The van der Waals surface area contributed by atoms with Gasteiger partial charge in [-0.15, -0.1) is 0 Å². The largest absolute Gasteiger partial charge is 0.397 e. The summed E-state index contributed by atoms with van der Waals surface area (Å²) in [5.74, 6) is -2.62. The molecule has 0 fully saturated rings. The van der Waals surface area contributed by atoms with Gasteiger partial charge in [0, 0.05) is 19.6 Å². The van der Waals surface area contributed by atoms with Crippen molar-refractivity contribution in [1.82, 2.24) is 0 Å². The second kappa shape index (κ2) is 6.90. The molecule has 0 aromatic heterocycles. The zero-order valence-electron chi connectivity index (χ0n) is 10.1. The van der Waals surface area contributed by atoms with Crippen LogP contribution in [0.25, 0.3) is 0 Å². The number of nitrogens with one attached hydrogen (secondary N) is 1. The third kappa shape index (κ3) is 3.96. The Kier molecular flexibility index (Phi) is 5.51. The predicted octanol–water partition coefficient (Wildman–Crippen LogP) is 2.30. The van der Waals surface area contributed by atoms with Crippen LogP contribution in [-0.4, -0.2) is 19.1 Å². The molecular weight excluding hydrogens is 242 g/mol. The number of amides is 1. The molecule has 4 nitrogen and oxygen atoms in total. The Bertz CT molecular complexity index is 425. The van der Waals surface area contributed by atoms with Gasteiger partial charge in [0.25, 0.3) is 0 Å². The molecule has 18 heavy (non-hydrogen) atoms. The molecule has 0 atom stereocenters. The summed E-state index contributed by atoms with van der Waals surface area (Å²) >= 11 is 0. The number of halogens is 2. The van der Waals surface area contributed by atoms with Crippen molar-refractivity contribution in [2.24, 2.45) is 0 Å². The molecule has 0 radical (unpaired) electrons. The molecule has 100 valence electrons. The zero-order valence-corrected chi connectivity index (χ0v) is 10.1. The molecule has 1 rings (SSSR count). The highest BCUT2D eigenvalue weighted by Gasteiger charge is 2.14. The molecule has 0 bridgehead atoms. The minimum absolute atomic E-state index is 0.00735. The first kappa shape index (κ1) is 14.4. The number of carbonyl (C=O) groups is 1. The average molecular weight is 258 g/mol. The van der Waals surface area contributed by atoms with Crippen LogP contribution in [0.2, 0.25) is 0 Å². The highest BCUT2D eigenvalue weighted by molar-refractivity contribution is 5.93. The number of hydrogen-bond donors (Lipinski definition) is 2. The minimum Gasteiger partial charge on any atom is -0.397 e. The molecule has 0 heterocycles. The molecule has 0 aliphatic rings. The zero-order chi connectivity index (χ0) is 13.5.